The molecule has 0 fully saturated rings. The lowest BCUT2D eigenvalue weighted by Crippen LogP contribution is -2.33. The van der Waals surface area contributed by atoms with E-state index in [-0.39, 0.29) is 11.6 Å². The Hall–Kier alpha value is -3.81. The van der Waals surface area contributed by atoms with Gasteiger partial charge in [-0.2, -0.15) is 0 Å². The monoisotopic (exact) mass is 379 g/mol. The van der Waals surface area contributed by atoms with Crippen molar-refractivity contribution in [2.75, 3.05) is 14.1 Å². The van der Waals surface area contributed by atoms with Crippen molar-refractivity contribution in [3.8, 4) is 5.75 Å². The first kappa shape index (κ1) is 19.0. The number of guanidine groups is 1. The molecule has 0 unspecified atom stereocenters. The molecule has 3 rings (SSSR count). The van der Waals surface area contributed by atoms with Gasteiger partial charge >= 0.3 is 5.97 Å². The van der Waals surface area contributed by atoms with Crippen molar-refractivity contribution in [3.63, 3.8) is 0 Å². The van der Waals surface area contributed by atoms with Crippen molar-refractivity contribution in [1.29, 1.82) is 5.41 Å². The molecule has 0 saturated carbocycles. The molecule has 0 atom stereocenters. The SMILES string of the molecule is CN=C(NC)NCc1ccc(C(=O)Oc2ccc3cc(C(=N)N)ccc3c2)o1. The number of nitrogens with zero attached hydrogens (tertiary/aromatic N) is 1. The molecule has 0 amide bonds. The maximum Gasteiger partial charge on any atom is 0.379 e. The summed E-state index contributed by atoms with van der Waals surface area (Å²) in [5.41, 5.74) is 6.15. The van der Waals surface area contributed by atoms with Gasteiger partial charge in [-0.25, -0.2) is 4.79 Å². The summed E-state index contributed by atoms with van der Waals surface area (Å²) in [5.74, 6) is 1.14. The molecule has 3 aromatic rings. The van der Waals surface area contributed by atoms with E-state index < -0.39 is 5.97 Å². The van der Waals surface area contributed by atoms with E-state index in [1.54, 1.807) is 44.4 Å². The first-order valence-corrected chi connectivity index (χ1v) is 8.57. The summed E-state index contributed by atoms with van der Waals surface area (Å²) in [6, 6.07) is 13.9. The molecule has 5 N–H and O–H groups in total. The van der Waals surface area contributed by atoms with Gasteiger partial charge in [0.25, 0.3) is 0 Å². The summed E-state index contributed by atoms with van der Waals surface area (Å²) in [5, 5.41) is 15.2. The lowest BCUT2D eigenvalue weighted by Gasteiger charge is -2.07. The van der Waals surface area contributed by atoms with Crippen molar-refractivity contribution in [1.82, 2.24) is 10.6 Å². The van der Waals surface area contributed by atoms with Crippen LogP contribution < -0.4 is 21.1 Å². The number of fused-ring (bicyclic) bond motifs is 1. The number of benzene rings is 2. The van der Waals surface area contributed by atoms with Crippen LogP contribution in [0.5, 0.6) is 5.75 Å². The van der Waals surface area contributed by atoms with E-state index in [9.17, 15) is 4.79 Å². The van der Waals surface area contributed by atoms with E-state index >= 15 is 0 Å². The van der Waals surface area contributed by atoms with Crippen molar-refractivity contribution in [3.05, 3.63) is 65.6 Å². The molecular weight excluding hydrogens is 358 g/mol. The van der Waals surface area contributed by atoms with Crippen LogP contribution in [0.3, 0.4) is 0 Å². The third-order valence-corrected chi connectivity index (χ3v) is 4.09. The zero-order chi connectivity index (χ0) is 20.1. The largest absolute Gasteiger partial charge is 0.452 e. The van der Waals surface area contributed by atoms with Crippen molar-refractivity contribution >= 4 is 28.5 Å². The first-order valence-electron chi connectivity index (χ1n) is 8.57. The molecule has 0 aliphatic rings. The number of carbonyl (C=O) groups excluding carboxylic acids is 1. The third-order valence-electron chi connectivity index (χ3n) is 4.09. The van der Waals surface area contributed by atoms with E-state index in [0.717, 1.165) is 10.8 Å². The topological polar surface area (TPSA) is 126 Å². The predicted molar refractivity (Wildman–Crippen MR) is 108 cm³/mol. The smallest absolute Gasteiger partial charge is 0.379 e. The molecule has 28 heavy (non-hydrogen) atoms. The summed E-state index contributed by atoms with van der Waals surface area (Å²) in [7, 11) is 3.42. The first-order chi connectivity index (χ1) is 13.5. The van der Waals surface area contributed by atoms with Crippen LogP contribution in [0.1, 0.15) is 21.9 Å². The zero-order valence-electron chi connectivity index (χ0n) is 15.6. The molecule has 0 radical (unpaired) electrons. The molecule has 0 bridgehead atoms. The average Bonchev–Trinajstić information content (AvgIpc) is 3.17. The van der Waals surface area contributed by atoms with E-state index in [0.29, 0.717) is 29.6 Å². The van der Waals surface area contributed by atoms with Crippen molar-refractivity contribution in [2.24, 2.45) is 10.7 Å². The van der Waals surface area contributed by atoms with Crippen molar-refractivity contribution < 1.29 is 13.9 Å². The molecule has 0 saturated heterocycles. The standard InChI is InChI=1S/C20H21N5O3/c1-23-20(24-2)25-11-16-7-8-17(27-16)19(26)28-15-6-5-12-9-14(18(21)22)4-3-13(12)10-15/h3-10H,11H2,1-2H3,(H3,21,22)(H2,23,24,25). The number of furan rings is 1. The van der Waals surface area contributed by atoms with Crippen LogP contribution in [0.25, 0.3) is 10.8 Å². The van der Waals surface area contributed by atoms with Crippen LogP contribution in [0.15, 0.2) is 57.9 Å². The number of aliphatic imine (C=N–C) groups is 1. The number of nitrogens with two attached hydrogens (primary N) is 1. The van der Waals surface area contributed by atoms with Gasteiger partial charge in [-0.15, -0.1) is 0 Å². The maximum absolute atomic E-state index is 12.3. The minimum Gasteiger partial charge on any atom is -0.452 e. The molecule has 0 aliphatic heterocycles. The fraction of sp³-hybridized carbons (Fsp3) is 0.150. The number of hydrogen-bond donors (Lipinski definition) is 4. The Kier molecular flexibility index (Phi) is 5.59. The minimum absolute atomic E-state index is 0.00700. The number of ether oxygens (including phenoxy) is 1. The molecule has 1 aromatic heterocycles. The number of esters is 1. The second-order valence-corrected chi connectivity index (χ2v) is 5.97. The van der Waals surface area contributed by atoms with Gasteiger partial charge in [-0.3, -0.25) is 10.4 Å². The highest BCUT2D eigenvalue weighted by molar-refractivity contribution is 5.99. The van der Waals surface area contributed by atoms with Crippen LogP contribution in [0.4, 0.5) is 0 Å². The summed E-state index contributed by atoms with van der Waals surface area (Å²) in [6.45, 7) is 0.384. The van der Waals surface area contributed by atoms with E-state index in [1.165, 1.54) is 0 Å². The van der Waals surface area contributed by atoms with E-state index in [2.05, 4.69) is 15.6 Å². The number of nitrogen functional groups attached to an aromatic ring is 1. The van der Waals surface area contributed by atoms with Gasteiger partial charge in [0.15, 0.2) is 5.96 Å². The van der Waals surface area contributed by atoms with Gasteiger partial charge in [0.05, 0.1) is 6.54 Å². The highest BCUT2D eigenvalue weighted by Crippen LogP contribution is 2.23. The zero-order valence-corrected chi connectivity index (χ0v) is 15.6. The highest BCUT2D eigenvalue weighted by Gasteiger charge is 2.14. The van der Waals surface area contributed by atoms with Gasteiger partial charge in [0.1, 0.15) is 17.3 Å². The molecule has 8 nitrogen and oxygen atoms in total. The van der Waals surface area contributed by atoms with E-state index in [1.807, 2.05) is 18.2 Å². The second kappa shape index (κ2) is 8.26. The molecule has 2 aromatic carbocycles. The predicted octanol–water partition coefficient (Wildman–Crippen LogP) is 2.23. The summed E-state index contributed by atoms with van der Waals surface area (Å²) < 4.78 is 10.9. The van der Waals surface area contributed by atoms with Gasteiger partial charge < -0.3 is 25.5 Å². The molecule has 8 heteroatoms. The molecule has 1 heterocycles. The van der Waals surface area contributed by atoms with Crippen LogP contribution >= 0.6 is 0 Å². The van der Waals surface area contributed by atoms with Gasteiger partial charge in [0, 0.05) is 19.7 Å². The minimum atomic E-state index is -0.580. The van der Waals surface area contributed by atoms with Gasteiger partial charge in [-0.1, -0.05) is 18.2 Å². The summed E-state index contributed by atoms with van der Waals surface area (Å²) >= 11 is 0. The number of carbonyl (C=O) groups is 1. The van der Waals surface area contributed by atoms with E-state index in [4.69, 9.17) is 20.3 Å². The normalized spacial score (nSPS) is 11.3. The second-order valence-electron chi connectivity index (χ2n) is 5.97. The lowest BCUT2D eigenvalue weighted by molar-refractivity contribution is 0.0699. The Morgan fingerprint density at radius 3 is 2.64 bits per heavy atom. The number of nitrogens with one attached hydrogen (secondary N) is 3. The third kappa shape index (κ3) is 4.29. The summed E-state index contributed by atoms with van der Waals surface area (Å²) in [6.07, 6.45) is 0. The average molecular weight is 379 g/mol. The molecule has 144 valence electrons. The van der Waals surface area contributed by atoms with Gasteiger partial charge in [0.2, 0.25) is 5.76 Å². The maximum atomic E-state index is 12.3. The number of rotatable bonds is 5. The van der Waals surface area contributed by atoms with Gasteiger partial charge in [-0.05, 0) is 41.1 Å². The Bertz CT molecular complexity index is 1050. The summed E-state index contributed by atoms with van der Waals surface area (Å²) in [4.78, 5) is 16.3. The van der Waals surface area contributed by atoms with Crippen LogP contribution in [-0.2, 0) is 6.54 Å². The number of hydrogen-bond acceptors (Lipinski definition) is 5. The van der Waals surface area contributed by atoms with Crippen molar-refractivity contribution in [2.45, 2.75) is 6.54 Å². The lowest BCUT2D eigenvalue weighted by atomic mass is 10.1. The Morgan fingerprint density at radius 2 is 1.93 bits per heavy atom. The molecular formula is C20H21N5O3. The Balaban J connectivity index is 1.69. The fourth-order valence-corrected chi connectivity index (χ4v) is 2.64. The Labute approximate surface area is 161 Å². The highest BCUT2D eigenvalue weighted by atomic mass is 16.5. The molecule has 0 aliphatic carbocycles. The van der Waals surface area contributed by atoms with Crippen LogP contribution in [-0.4, -0.2) is 31.9 Å². The fourth-order valence-electron chi connectivity index (χ4n) is 2.64. The van der Waals surface area contributed by atoms with Crippen LogP contribution in [0, 0.1) is 5.41 Å². The molecule has 0 spiro atoms. The quantitative estimate of drug-likeness (QED) is 0.233. The van der Waals surface area contributed by atoms with Crippen LogP contribution in [0.2, 0.25) is 0 Å². The Morgan fingerprint density at radius 1 is 1.18 bits per heavy atom. The number of amidine groups is 1.